The van der Waals surface area contributed by atoms with Gasteiger partial charge in [0.15, 0.2) is 0 Å². The largest absolute Gasteiger partial charge is 0.330 e. The van der Waals surface area contributed by atoms with Gasteiger partial charge in [-0.2, -0.15) is 5.10 Å². The summed E-state index contributed by atoms with van der Waals surface area (Å²) in [6.45, 7) is 5.79. The summed E-state index contributed by atoms with van der Waals surface area (Å²) in [6, 6.07) is 0. The van der Waals surface area contributed by atoms with Crippen LogP contribution < -0.4 is 5.73 Å². The van der Waals surface area contributed by atoms with E-state index in [-0.39, 0.29) is 0 Å². The molecule has 0 unspecified atom stereocenters. The van der Waals surface area contributed by atoms with Gasteiger partial charge in [-0.3, -0.25) is 4.68 Å². The minimum Gasteiger partial charge on any atom is -0.330 e. The maximum Gasteiger partial charge on any atom is 0.0766 e. The van der Waals surface area contributed by atoms with Gasteiger partial charge in [0.25, 0.3) is 0 Å². The Labute approximate surface area is 87.4 Å². The molecule has 1 aromatic heterocycles. The number of halogens is 1. The van der Waals surface area contributed by atoms with Crippen molar-refractivity contribution in [3.8, 4) is 0 Å². The standard InChI is InChI=1S/C9H16BrN3/c1-3-7-9(10)8(5-6-11)13(4-2)12-7/h3-6,11H2,1-2H3. The van der Waals surface area contributed by atoms with Crippen LogP contribution in [0.3, 0.4) is 0 Å². The topological polar surface area (TPSA) is 43.8 Å². The first-order valence-corrected chi connectivity index (χ1v) is 5.47. The SMILES string of the molecule is CCc1nn(CC)c(CCN)c1Br. The Morgan fingerprint density at radius 3 is 2.62 bits per heavy atom. The molecule has 1 heterocycles. The lowest BCUT2D eigenvalue weighted by Gasteiger charge is -2.02. The summed E-state index contributed by atoms with van der Waals surface area (Å²) in [5.41, 5.74) is 7.90. The molecule has 0 atom stereocenters. The van der Waals surface area contributed by atoms with Crippen LogP contribution in [0.2, 0.25) is 0 Å². The Hall–Kier alpha value is -0.350. The second kappa shape index (κ2) is 4.77. The lowest BCUT2D eigenvalue weighted by Crippen LogP contribution is -2.09. The molecule has 0 bridgehead atoms. The zero-order valence-corrected chi connectivity index (χ0v) is 9.76. The van der Waals surface area contributed by atoms with Gasteiger partial charge in [-0.25, -0.2) is 0 Å². The van der Waals surface area contributed by atoms with E-state index in [0.29, 0.717) is 6.54 Å². The van der Waals surface area contributed by atoms with Crippen LogP contribution in [0.4, 0.5) is 0 Å². The zero-order chi connectivity index (χ0) is 9.84. The fourth-order valence-electron chi connectivity index (χ4n) is 1.39. The third-order valence-corrected chi connectivity index (χ3v) is 2.99. The molecule has 0 spiro atoms. The number of aryl methyl sites for hydroxylation is 2. The van der Waals surface area contributed by atoms with Crippen molar-refractivity contribution in [3.05, 3.63) is 15.9 Å². The Morgan fingerprint density at radius 1 is 1.46 bits per heavy atom. The van der Waals surface area contributed by atoms with Gasteiger partial charge in [0.2, 0.25) is 0 Å². The van der Waals surface area contributed by atoms with Crippen LogP contribution in [0, 0.1) is 0 Å². The molecule has 0 radical (unpaired) electrons. The van der Waals surface area contributed by atoms with E-state index in [9.17, 15) is 0 Å². The molecule has 0 aliphatic carbocycles. The summed E-state index contributed by atoms with van der Waals surface area (Å²) >= 11 is 3.57. The lowest BCUT2D eigenvalue weighted by atomic mass is 10.2. The van der Waals surface area contributed by atoms with Crippen molar-refractivity contribution in [2.75, 3.05) is 6.54 Å². The van der Waals surface area contributed by atoms with Crippen LogP contribution in [0.15, 0.2) is 4.47 Å². The highest BCUT2D eigenvalue weighted by Crippen LogP contribution is 2.22. The average Bonchev–Trinajstić information content (AvgIpc) is 2.45. The van der Waals surface area contributed by atoms with Crippen molar-refractivity contribution in [2.45, 2.75) is 33.2 Å². The second-order valence-electron chi connectivity index (χ2n) is 2.92. The number of hydrogen-bond acceptors (Lipinski definition) is 2. The van der Waals surface area contributed by atoms with Gasteiger partial charge in [0.1, 0.15) is 0 Å². The van der Waals surface area contributed by atoms with Gasteiger partial charge < -0.3 is 5.73 Å². The van der Waals surface area contributed by atoms with Gasteiger partial charge >= 0.3 is 0 Å². The molecule has 0 saturated carbocycles. The molecular formula is C9H16BrN3. The van der Waals surface area contributed by atoms with E-state index < -0.39 is 0 Å². The maximum atomic E-state index is 5.54. The third-order valence-electron chi connectivity index (χ3n) is 2.08. The van der Waals surface area contributed by atoms with E-state index in [1.165, 1.54) is 5.69 Å². The van der Waals surface area contributed by atoms with Crippen LogP contribution in [0.5, 0.6) is 0 Å². The van der Waals surface area contributed by atoms with Crippen molar-refractivity contribution in [2.24, 2.45) is 5.73 Å². The fraction of sp³-hybridized carbons (Fsp3) is 0.667. The van der Waals surface area contributed by atoms with Gasteiger partial charge in [0.05, 0.1) is 15.9 Å². The van der Waals surface area contributed by atoms with E-state index >= 15 is 0 Å². The minimum absolute atomic E-state index is 0.674. The molecule has 0 aliphatic rings. The second-order valence-corrected chi connectivity index (χ2v) is 3.71. The smallest absolute Gasteiger partial charge is 0.0766 e. The van der Waals surface area contributed by atoms with Crippen molar-refractivity contribution < 1.29 is 0 Å². The van der Waals surface area contributed by atoms with E-state index in [2.05, 4.69) is 34.9 Å². The Morgan fingerprint density at radius 2 is 2.15 bits per heavy atom. The summed E-state index contributed by atoms with van der Waals surface area (Å²) in [5, 5.41) is 4.48. The number of hydrogen-bond donors (Lipinski definition) is 1. The Balaban J connectivity index is 3.05. The van der Waals surface area contributed by atoms with Gasteiger partial charge in [0, 0.05) is 13.0 Å². The lowest BCUT2D eigenvalue weighted by molar-refractivity contribution is 0.612. The first kappa shape index (κ1) is 10.7. The molecular weight excluding hydrogens is 230 g/mol. The molecule has 1 rings (SSSR count). The molecule has 2 N–H and O–H groups in total. The number of aromatic nitrogens is 2. The van der Waals surface area contributed by atoms with Crippen LogP contribution in [0.25, 0.3) is 0 Å². The molecule has 1 aromatic rings. The number of nitrogens with two attached hydrogens (primary N) is 1. The molecule has 0 aliphatic heterocycles. The molecule has 0 fully saturated rings. The van der Waals surface area contributed by atoms with Crippen LogP contribution in [0.1, 0.15) is 25.2 Å². The number of rotatable bonds is 4. The quantitative estimate of drug-likeness (QED) is 0.879. The van der Waals surface area contributed by atoms with E-state index in [4.69, 9.17) is 5.73 Å². The van der Waals surface area contributed by atoms with Gasteiger partial charge in [-0.05, 0) is 35.8 Å². The highest BCUT2D eigenvalue weighted by atomic mass is 79.9. The van der Waals surface area contributed by atoms with Crippen molar-refractivity contribution in [3.63, 3.8) is 0 Å². The molecule has 13 heavy (non-hydrogen) atoms. The monoisotopic (exact) mass is 245 g/mol. The molecule has 4 heteroatoms. The molecule has 3 nitrogen and oxygen atoms in total. The van der Waals surface area contributed by atoms with Crippen LogP contribution in [-0.2, 0) is 19.4 Å². The van der Waals surface area contributed by atoms with Crippen LogP contribution in [-0.4, -0.2) is 16.3 Å². The van der Waals surface area contributed by atoms with Gasteiger partial charge in [-0.15, -0.1) is 0 Å². The summed E-state index contributed by atoms with van der Waals surface area (Å²) in [7, 11) is 0. The van der Waals surface area contributed by atoms with Crippen LogP contribution >= 0.6 is 15.9 Å². The summed E-state index contributed by atoms with van der Waals surface area (Å²) in [4.78, 5) is 0. The number of nitrogens with zero attached hydrogens (tertiary/aromatic N) is 2. The average molecular weight is 246 g/mol. The first-order valence-electron chi connectivity index (χ1n) is 4.68. The zero-order valence-electron chi connectivity index (χ0n) is 8.18. The highest BCUT2D eigenvalue weighted by Gasteiger charge is 2.12. The van der Waals surface area contributed by atoms with E-state index in [0.717, 1.165) is 29.6 Å². The predicted molar refractivity (Wildman–Crippen MR) is 57.7 cm³/mol. The molecule has 0 aromatic carbocycles. The first-order chi connectivity index (χ1) is 6.24. The van der Waals surface area contributed by atoms with Crippen molar-refractivity contribution >= 4 is 15.9 Å². The van der Waals surface area contributed by atoms with Crippen molar-refractivity contribution in [1.29, 1.82) is 0 Å². The minimum atomic E-state index is 0.674. The van der Waals surface area contributed by atoms with Crippen molar-refractivity contribution in [1.82, 2.24) is 9.78 Å². The van der Waals surface area contributed by atoms with E-state index in [1.54, 1.807) is 0 Å². The molecule has 0 amide bonds. The molecule has 74 valence electrons. The Bertz CT molecular complexity index is 281. The predicted octanol–water partition coefficient (Wildman–Crippen LogP) is 1.73. The fourth-order valence-corrected chi connectivity index (χ4v) is 2.16. The summed E-state index contributed by atoms with van der Waals surface area (Å²) < 4.78 is 3.16. The normalized spacial score (nSPS) is 10.8. The highest BCUT2D eigenvalue weighted by molar-refractivity contribution is 9.10. The van der Waals surface area contributed by atoms with Gasteiger partial charge in [-0.1, -0.05) is 6.92 Å². The Kier molecular flexibility index (Phi) is 3.93. The maximum absolute atomic E-state index is 5.54. The van der Waals surface area contributed by atoms with E-state index in [1.807, 2.05) is 4.68 Å². The third kappa shape index (κ3) is 2.11. The summed E-state index contributed by atoms with van der Waals surface area (Å²) in [5.74, 6) is 0. The summed E-state index contributed by atoms with van der Waals surface area (Å²) in [6.07, 6.45) is 1.85. The molecule has 0 saturated heterocycles.